The topological polar surface area (TPSA) is 84.0 Å². The van der Waals surface area contributed by atoms with E-state index in [0.717, 1.165) is 29.2 Å². The van der Waals surface area contributed by atoms with Crippen molar-refractivity contribution in [3.8, 4) is 27.6 Å². The molecule has 1 atom stereocenters. The van der Waals surface area contributed by atoms with E-state index in [1.165, 1.54) is 17.4 Å². The molecule has 1 aliphatic heterocycles. The number of H-pyrrole nitrogens is 1. The third kappa shape index (κ3) is 4.36. The Morgan fingerprint density at radius 1 is 1.18 bits per heavy atom. The van der Waals surface area contributed by atoms with Gasteiger partial charge in [0.05, 0.1) is 12.8 Å². The highest BCUT2D eigenvalue weighted by molar-refractivity contribution is 7.14. The van der Waals surface area contributed by atoms with E-state index >= 15 is 0 Å². The standard InChI is InChI=1S/C24H22FN5O2S/c1-32-17-8-4-6-15(12-17)20-13-21(27-26-20)24(31)30-11-5-7-16(14-30)22-28-29-23(33-22)18-9-2-3-10-19(18)25/h2-4,6,8-10,12-13,16H,5,7,11,14H2,1H3,(H,26,27). The average Bonchev–Trinajstić information content (AvgIpc) is 3.55. The van der Waals surface area contributed by atoms with Crippen molar-refractivity contribution in [1.29, 1.82) is 0 Å². The maximum atomic E-state index is 14.1. The molecule has 1 unspecified atom stereocenters. The number of piperidine rings is 1. The number of methoxy groups -OCH3 is 1. The molecular weight excluding hydrogens is 441 g/mol. The number of rotatable bonds is 5. The molecule has 33 heavy (non-hydrogen) atoms. The summed E-state index contributed by atoms with van der Waals surface area (Å²) < 4.78 is 19.4. The lowest BCUT2D eigenvalue weighted by Gasteiger charge is -2.31. The summed E-state index contributed by atoms with van der Waals surface area (Å²) in [7, 11) is 1.61. The van der Waals surface area contributed by atoms with Gasteiger partial charge in [-0.1, -0.05) is 35.6 Å². The number of ether oxygens (including phenoxy) is 1. The van der Waals surface area contributed by atoms with Crippen molar-refractivity contribution in [2.75, 3.05) is 20.2 Å². The Kier molecular flexibility index (Phi) is 5.87. The number of amides is 1. The van der Waals surface area contributed by atoms with Crippen LogP contribution in [0.5, 0.6) is 5.75 Å². The summed E-state index contributed by atoms with van der Waals surface area (Å²) in [5.74, 6) is 0.391. The molecule has 1 aliphatic rings. The molecule has 1 fully saturated rings. The number of halogens is 1. The number of carbonyl (C=O) groups excluding carboxylic acids is 1. The number of nitrogens with one attached hydrogen (secondary N) is 1. The third-order valence-corrected chi connectivity index (χ3v) is 6.90. The van der Waals surface area contributed by atoms with Crippen molar-refractivity contribution < 1.29 is 13.9 Å². The molecule has 2 aromatic heterocycles. The smallest absolute Gasteiger partial charge is 0.271 e. The summed E-state index contributed by atoms with van der Waals surface area (Å²) in [6, 6.07) is 15.9. The van der Waals surface area contributed by atoms with Crippen LogP contribution >= 0.6 is 11.3 Å². The molecule has 0 radical (unpaired) electrons. The highest BCUT2D eigenvalue weighted by Gasteiger charge is 2.29. The van der Waals surface area contributed by atoms with Crippen LogP contribution < -0.4 is 4.74 Å². The van der Waals surface area contributed by atoms with Crippen LogP contribution in [0.2, 0.25) is 0 Å². The van der Waals surface area contributed by atoms with Gasteiger partial charge in [0.1, 0.15) is 22.3 Å². The lowest BCUT2D eigenvalue weighted by Crippen LogP contribution is -2.39. The summed E-state index contributed by atoms with van der Waals surface area (Å²) in [6.07, 6.45) is 1.77. The molecular formula is C24H22FN5O2S. The van der Waals surface area contributed by atoms with E-state index in [0.29, 0.717) is 35.0 Å². The molecule has 0 aliphatic carbocycles. The van der Waals surface area contributed by atoms with Gasteiger partial charge in [0.15, 0.2) is 5.01 Å². The number of aromatic nitrogens is 4. The highest BCUT2D eigenvalue weighted by atomic mass is 32.1. The molecule has 3 heterocycles. The highest BCUT2D eigenvalue weighted by Crippen LogP contribution is 2.34. The monoisotopic (exact) mass is 463 g/mol. The van der Waals surface area contributed by atoms with Crippen molar-refractivity contribution in [2.45, 2.75) is 18.8 Å². The van der Waals surface area contributed by atoms with Crippen LogP contribution in [0.3, 0.4) is 0 Å². The van der Waals surface area contributed by atoms with Crippen molar-refractivity contribution in [3.05, 3.63) is 71.1 Å². The van der Waals surface area contributed by atoms with E-state index in [9.17, 15) is 9.18 Å². The minimum Gasteiger partial charge on any atom is -0.497 e. The summed E-state index contributed by atoms with van der Waals surface area (Å²) in [5, 5.41) is 17.1. The van der Waals surface area contributed by atoms with E-state index in [1.54, 1.807) is 31.4 Å². The summed E-state index contributed by atoms with van der Waals surface area (Å²) >= 11 is 1.39. The minimum atomic E-state index is -0.313. The Labute approximate surface area is 194 Å². The SMILES string of the molecule is COc1cccc(-c2cc(C(=O)N3CCCC(c4nnc(-c5ccccc5F)s4)C3)[nH]n2)c1. The van der Waals surface area contributed by atoms with Gasteiger partial charge < -0.3 is 9.64 Å². The number of aromatic amines is 1. The molecule has 0 bridgehead atoms. The molecule has 1 saturated heterocycles. The van der Waals surface area contributed by atoms with Gasteiger partial charge in [0.25, 0.3) is 5.91 Å². The largest absolute Gasteiger partial charge is 0.497 e. The van der Waals surface area contributed by atoms with Gasteiger partial charge in [-0.3, -0.25) is 9.89 Å². The van der Waals surface area contributed by atoms with E-state index in [1.807, 2.05) is 29.2 Å². The second-order valence-electron chi connectivity index (χ2n) is 7.91. The van der Waals surface area contributed by atoms with Crippen LogP contribution in [-0.2, 0) is 0 Å². The Morgan fingerprint density at radius 2 is 2.06 bits per heavy atom. The van der Waals surface area contributed by atoms with E-state index in [-0.39, 0.29) is 17.6 Å². The summed E-state index contributed by atoms with van der Waals surface area (Å²) in [6.45, 7) is 1.21. The number of hydrogen-bond donors (Lipinski definition) is 1. The van der Waals surface area contributed by atoms with Crippen LogP contribution in [0.1, 0.15) is 34.3 Å². The van der Waals surface area contributed by atoms with Gasteiger partial charge in [0.2, 0.25) is 0 Å². The van der Waals surface area contributed by atoms with Crippen molar-refractivity contribution in [3.63, 3.8) is 0 Å². The van der Waals surface area contributed by atoms with Crippen molar-refractivity contribution in [1.82, 2.24) is 25.3 Å². The Morgan fingerprint density at radius 3 is 2.91 bits per heavy atom. The van der Waals surface area contributed by atoms with Crippen LogP contribution in [0.25, 0.3) is 21.8 Å². The van der Waals surface area contributed by atoms with E-state index < -0.39 is 0 Å². The van der Waals surface area contributed by atoms with Crippen LogP contribution in [0.4, 0.5) is 4.39 Å². The summed E-state index contributed by atoms with van der Waals surface area (Å²) in [4.78, 5) is 15.0. The van der Waals surface area contributed by atoms with E-state index in [2.05, 4.69) is 20.4 Å². The molecule has 0 spiro atoms. The van der Waals surface area contributed by atoms with Crippen LogP contribution in [0.15, 0.2) is 54.6 Å². The van der Waals surface area contributed by atoms with Gasteiger partial charge in [-0.25, -0.2) is 4.39 Å². The molecule has 1 N–H and O–H groups in total. The molecule has 168 valence electrons. The quantitative estimate of drug-likeness (QED) is 0.461. The molecule has 7 nitrogen and oxygen atoms in total. The summed E-state index contributed by atoms with van der Waals surface area (Å²) in [5.41, 5.74) is 2.45. The lowest BCUT2D eigenvalue weighted by atomic mass is 9.98. The second kappa shape index (κ2) is 9.11. The zero-order chi connectivity index (χ0) is 22.8. The molecule has 2 aromatic carbocycles. The zero-order valence-corrected chi connectivity index (χ0v) is 18.8. The van der Waals surface area contributed by atoms with Crippen molar-refractivity contribution >= 4 is 17.2 Å². The van der Waals surface area contributed by atoms with Gasteiger partial charge in [-0.05, 0) is 43.2 Å². The van der Waals surface area contributed by atoms with Gasteiger partial charge in [-0.2, -0.15) is 5.10 Å². The molecule has 4 aromatic rings. The molecule has 1 amide bonds. The fourth-order valence-electron chi connectivity index (χ4n) is 4.04. The third-order valence-electron chi connectivity index (χ3n) is 5.78. The van der Waals surface area contributed by atoms with Gasteiger partial charge >= 0.3 is 0 Å². The maximum absolute atomic E-state index is 14.1. The predicted octanol–water partition coefficient (Wildman–Crippen LogP) is 4.76. The first kappa shape index (κ1) is 21.3. The number of nitrogens with zero attached hydrogens (tertiary/aromatic N) is 4. The fraction of sp³-hybridized carbons (Fsp3) is 0.250. The number of carbonyl (C=O) groups is 1. The number of hydrogen-bond acceptors (Lipinski definition) is 6. The zero-order valence-electron chi connectivity index (χ0n) is 18.0. The van der Waals surface area contributed by atoms with Crippen LogP contribution in [0, 0.1) is 5.82 Å². The van der Waals surface area contributed by atoms with Gasteiger partial charge in [-0.15, -0.1) is 10.2 Å². The number of benzene rings is 2. The van der Waals surface area contributed by atoms with E-state index in [4.69, 9.17) is 4.74 Å². The first-order valence-electron chi connectivity index (χ1n) is 10.7. The second-order valence-corrected chi connectivity index (χ2v) is 8.92. The van der Waals surface area contributed by atoms with Gasteiger partial charge in [0, 0.05) is 30.1 Å². The Hall–Kier alpha value is -3.59. The Balaban J connectivity index is 1.31. The van der Waals surface area contributed by atoms with Crippen molar-refractivity contribution in [2.24, 2.45) is 0 Å². The molecule has 5 rings (SSSR count). The fourth-order valence-corrected chi connectivity index (χ4v) is 5.03. The molecule has 9 heteroatoms. The maximum Gasteiger partial charge on any atom is 0.271 e. The first-order valence-corrected chi connectivity index (χ1v) is 11.5. The Bertz CT molecular complexity index is 1290. The van der Waals surface area contributed by atoms with Crippen LogP contribution in [-0.4, -0.2) is 51.4 Å². The molecule has 0 saturated carbocycles. The predicted molar refractivity (Wildman–Crippen MR) is 124 cm³/mol. The average molecular weight is 464 g/mol. The first-order chi connectivity index (χ1) is 16.1. The lowest BCUT2D eigenvalue weighted by molar-refractivity contribution is 0.0701. The minimum absolute atomic E-state index is 0.0708. The normalized spacial score (nSPS) is 16.1. The number of likely N-dealkylation sites (tertiary alicyclic amines) is 1.